The minimum absolute atomic E-state index is 0.142. The second-order valence-corrected chi connectivity index (χ2v) is 4.24. The second kappa shape index (κ2) is 4.75. The van der Waals surface area contributed by atoms with Crippen LogP contribution in [0.25, 0.3) is 0 Å². The molecule has 0 bridgehead atoms. The number of amides is 1. The lowest BCUT2D eigenvalue weighted by Gasteiger charge is -2.25. The van der Waals surface area contributed by atoms with Gasteiger partial charge in [0, 0.05) is 26.2 Å². The molecule has 0 spiro atoms. The summed E-state index contributed by atoms with van der Waals surface area (Å²) in [5.41, 5.74) is -0.0138. The van der Waals surface area contributed by atoms with Crippen LogP contribution in [0.3, 0.4) is 0 Å². The maximum absolute atomic E-state index is 12.0. The van der Waals surface area contributed by atoms with E-state index in [-0.39, 0.29) is 23.3 Å². The zero-order chi connectivity index (χ0) is 13.3. The van der Waals surface area contributed by atoms with Crippen LogP contribution < -0.4 is 5.32 Å². The first-order chi connectivity index (χ1) is 8.50. The topological polar surface area (TPSA) is 112 Å². The van der Waals surface area contributed by atoms with Gasteiger partial charge in [-0.05, 0) is 0 Å². The van der Waals surface area contributed by atoms with Crippen molar-refractivity contribution in [3.8, 4) is 0 Å². The lowest BCUT2D eigenvalue weighted by molar-refractivity contribution is -0.384. The number of carbonyl (C=O) groups excluding carboxylic acids is 1. The highest BCUT2D eigenvalue weighted by Gasteiger charge is 2.32. The monoisotopic (exact) mass is 254 g/mol. The van der Waals surface area contributed by atoms with Gasteiger partial charge in [-0.15, -0.1) is 0 Å². The van der Waals surface area contributed by atoms with E-state index in [2.05, 4.69) is 10.3 Å². The van der Waals surface area contributed by atoms with Crippen LogP contribution in [0.4, 0.5) is 5.69 Å². The van der Waals surface area contributed by atoms with E-state index in [9.17, 15) is 20.0 Å². The molecule has 2 rings (SSSR count). The molecule has 18 heavy (non-hydrogen) atoms. The summed E-state index contributed by atoms with van der Waals surface area (Å²) in [7, 11) is 1.57. The van der Waals surface area contributed by atoms with Gasteiger partial charge in [-0.25, -0.2) is 0 Å². The predicted molar refractivity (Wildman–Crippen MR) is 62.2 cm³/mol. The molecule has 0 aromatic carbocycles. The molecule has 0 saturated carbocycles. The number of hydrogen-bond acceptors (Lipinski definition) is 5. The first-order valence-electron chi connectivity index (χ1n) is 5.49. The summed E-state index contributed by atoms with van der Waals surface area (Å²) in [5.74, 6) is -0.379. The third kappa shape index (κ3) is 2.20. The van der Waals surface area contributed by atoms with Crippen molar-refractivity contribution in [1.29, 1.82) is 0 Å². The van der Waals surface area contributed by atoms with Gasteiger partial charge in [0.05, 0.1) is 23.3 Å². The molecule has 1 amide bonds. The molecule has 2 atom stereocenters. The van der Waals surface area contributed by atoms with E-state index in [1.54, 1.807) is 7.05 Å². The summed E-state index contributed by atoms with van der Waals surface area (Å²) >= 11 is 0. The molecule has 1 aliphatic rings. The molecule has 8 nitrogen and oxygen atoms in total. The summed E-state index contributed by atoms with van der Waals surface area (Å²) in [6.45, 7) is 0.944. The van der Waals surface area contributed by atoms with Crippen molar-refractivity contribution in [1.82, 2.24) is 15.2 Å². The van der Waals surface area contributed by atoms with Gasteiger partial charge in [-0.3, -0.25) is 14.9 Å². The molecule has 0 aliphatic carbocycles. The fourth-order valence-corrected chi connectivity index (χ4v) is 2.00. The van der Waals surface area contributed by atoms with Crippen LogP contribution in [0, 0.1) is 10.1 Å². The molecule has 1 aromatic heterocycles. The van der Waals surface area contributed by atoms with Crippen molar-refractivity contribution in [2.75, 3.05) is 20.1 Å². The molecular weight excluding hydrogens is 240 g/mol. The van der Waals surface area contributed by atoms with E-state index < -0.39 is 11.0 Å². The smallest absolute Gasteiger partial charge is 0.287 e. The van der Waals surface area contributed by atoms with Crippen molar-refractivity contribution < 1.29 is 14.8 Å². The fourth-order valence-electron chi connectivity index (χ4n) is 2.00. The zero-order valence-corrected chi connectivity index (χ0v) is 9.79. The van der Waals surface area contributed by atoms with Crippen LogP contribution in [0.15, 0.2) is 12.3 Å². The predicted octanol–water partition coefficient (Wildman–Crippen LogP) is -0.672. The molecule has 0 unspecified atom stereocenters. The van der Waals surface area contributed by atoms with E-state index in [1.165, 1.54) is 17.2 Å². The summed E-state index contributed by atoms with van der Waals surface area (Å²) < 4.78 is 0. The van der Waals surface area contributed by atoms with Gasteiger partial charge in [-0.2, -0.15) is 0 Å². The average Bonchev–Trinajstić information content (AvgIpc) is 2.95. The van der Waals surface area contributed by atoms with Crippen molar-refractivity contribution in [2.24, 2.45) is 0 Å². The number of likely N-dealkylation sites (N-methyl/N-ethyl adjacent to an activating group) is 1. The van der Waals surface area contributed by atoms with Gasteiger partial charge in [0.15, 0.2) is 0 Å². The van der Waals surface area contributed by atoms with E-state index in [0.29, 0.717) is 13.1 Å². The third-order valence-electron chi connectivity index (χ3n) is 3.08. The number of rotatable bonds is 3. The van der Waals surface area contributed by atoms with Crippen molar-refractivity contribution in [3.05, 3.63) is 28.1 Å². The molecule has 2 heterocycles. The number of nitrogens with zero attached hydrogens (tertiary/aromatic N) is 2. The van der Waals surface area contributed by atoms with Gasteiger partial charge in [0.25, 0.3) is 11.6 Å². The number of β-amino-alcohol motifs (C(OH)–C–C–N with tert-alkyl or cyclic N) is 1. The Morgan fingerprint density at radius 3 is 2.83 bits per heavy atom. The summed E-state index contributed by atoms with van der Waals surface area (Å²) in [6, 6.07) is 0.869. The molecule has 1 aliphatic heterocycles. The quantitative estimate of drug-likeness (QED) is 0.489. The Bertz CT molecular complexity index is 472. The Hall–Kier alpha value is -1.93. The Morgan fingerprint density at radius 2 is 2.33 bits per heavy atom. The standard InChI is InChI=1S/C10H14N4O4/c1-13(8-4-11-5-9(8)15)10(16)7-2-6(3-12-7)14(17)18/h2-3,8-9,11-12,15H,4-5H2,1H3/t8-,9-/m1/s1. The molecule has 1 saturated heterocycles. The highest BCUT2D eigenvalue weighted by atomic mass is 16.6. The molecule has 98 valence electrons. The van der Waals surface area contributed by atoms with Gasteiger partial charge in [-0.1, -0.05) is 0 Å². The summed E-state index contributed by atoms with van der Waals surface area (Å²) in [6.07, 6.45) is 0.550. The van der Waals surface area contributed by atoms with Gasteiger partial charge >= 0.3 is 0 Å². The number of aromatic amines is 1. The van der Waals surface area contributed by atoms with E-state index >= 15 is 0 Å². The normalized spacial score (nSPS) is 23.0. The summed E-state index contributed by atoms with van der Waals surface area (Å²) in [5, 5.41) is 23.2. The average molecular weight is 254 g/mol. The van der Waals surface area contributed by atoms with Gasteiger partial charge < -0.3 is 20.3 Å². The Labute approximate surface area is 103 Å². The highest BCUT2D eigenvalue weighted by molar-refractivity contribution is 5.93. The zero-order valence-electron chi connectivity index (χ0n) is 9.79. The lowest BCUT2D eigenvalue weighted by atomic mass is 10.2. The minimum Gasteiger partial charge on any atom is -0.390 e. The van der Waals surface area contributed by atoms with Crippen LogP contribution in [0.2, 0.25) is 0 Å². The van der Waals surface area contributed by atoms with Crippen molar-refractivity contribution in [2.45, 2.75) is 12.1 Å². The number of nitrogens with one attached hydrogen (secondary N) is 2. The number of aliphatic hydroxyl groups excluding tert-OH is 1. The molecule has 0 radical (unpaired) electrons. The Kier molecular flexibility index (Phi) is 3.30. The molecule has 1 aromatic rings. The first-order valence-corrected chi connectivity index (χ1v) is 5.49. The van der Waals surface area contributed by atoms with Crippen LogP contribution >= 0.6 is 0 Å². The third-order valence-corrected chi connectivity index (χ3v) is 3.08. The second-order valence-electron chi connectivity index (χ2n) is 4.24. The van der Waals surface area contributed by atoms with Crippen molar-refractivity contribution in [3.63, 3.8) is 0 Å². The Morgan fingerprint density at radius 1 is 1.61 bits per heavy atom. The fraction of sp³-hybridized carbons (Fsp3) is 0.500. The SMILES string of the molecule is CN(C(=O)c1cc([N+](=O)[O-])c[nH]1)[C@@H]1CNC[C@H]1O. The van der Waals surface area contributed by atoms with Crippen LogP contribution in [0.1, 0.15) is 10.5 Å². The number of aliphatic hydroxyl groups is 1. The number of carbonyl (C=O) groups is 1. The molecule has 3 N–H and O–H groups in total. The largest absolute Gasteiger partial charge is 0.390 e. The van der Waals surface area contributed by atoms with Crippen LogP contribution in [0.5, 0.6) is 0 Å². The number of H-pyrrole nitrogens is 1. The van der Waals surface area contributed by atoms with Gasteiger partial charge in [0.2, 0.25) is 0 Å². The van der Waals surface area contributed by atoms with Gasteiger partial charge in [0.1, 0.15) is 5.69 Å². The van der Waals surface area contributed by atoms with Crippen molar-refractivity contribution >= 4 is 11.6 Å². The maximum atomic E-state index is 12.0. The van der Waals surface area contributed by atoms with E-state index in [4.69, 9.17) is 0 Å². The molecule has 8 heteroatoms. The highest BCUT2D eigenvalue weighted by Crippen LogP contribution is 2.16. The maximum Gasteiger partial charge on any atom is 0.287 e. The lowest BCUT2D eigenvalue weighted by Crippen LogP contribution is -2.44. The summed E-state index contributed by atoms with van der Waals surface area (Å²) in [4.78, 5) is 26.0. The number of nitro groups is 1. The number of hydrogen-bond donors (Lipinski definition) is 3. The number of aromatic nitrogens is 1. The molecular formula is C10H14N4O4. The Balaban J connectivity index is 2.12. The minimum atomic E-state index is -0.621. The van der Waals surface area contributed by atoms with Crippen LogP contribution in [-0.2, 0) is 0 Å². The van der Waals surface area contributed by atoms with Crippen LogP contribution in [-0.4, -0.2) is 58.1 Å². The molecule has 1 fully saturated rings. The van der Waals surface area contributed by atoms with E-state index in [1.807, 2.05) is 0 Å². The van der Waals surface area contributed by atoms with E-state index in [0.717, 1.165) is 0 Å². The first kappa shape index (κ1) is 12.5.